The Kier molecular flexibility index (Phi) is 5.43. The molecule has 0 aliphatic rings. The fourth-order valence-corrected chi connectivity index (χ4v) is 1.32. The fraction of sp³-hybridized carbons (Fsp3) is 0.333. The highest BCUT2D eigenvalue weighted by atomic mass is 79.9. The molecule has 0 unspecified atom stereocenters. The summed E-state index contributed by atoms with van der Waals surface area (Å²) in [5.41, 5.74) is 1.17. The SMILES string of the molecule is C=C(Br)COc1ccccc1CNCC. The molecular formula is C12H16BrNO. The normalized spacial score (nSPS) is 10.0. The first kappa shape index (κ1) is 12.3. The predicted octanol–water partition coefficient (Wildman–Crippen LogP) is 3.08. The molecule has 0 spiro atoms. The van der Waals surface area contributed by atoms with Crippen LogP contribution in [0.4, 0.5) is 0 Å². The third-order valence-corrected chi connectivity index (χ3v) is 2.15. The molecule has 0 heterocycles. The zero-order chi connectivity index (χ0) is 11.1. The number of nitrogens with one attached hydrogen (secondary N) is 1. The summed E-state index contributed by atoms with van der Waals surface area (Å²) in [6.45, 7) is 8.12. The lowest BCUT2D eigenvalue weighted by molar-refractivity contribution is 0.356. The molecule has 0 saturated heterocycles. The lowest BCUT2D eigenvalue weighted by Crippen LogP contribution is -2.13. The summed E-state index contributed by atoms with van der Waals surface area (Å²) in [5, 5.41) is 3.28. The van der Waals surface area contributed by atoms with E-state index < -0.39 is 0 Å². The first-order valence-electron chi connectivity index (χ1n) is 4.98. The van der Waals surface area contributed by atoms with Crippen LogP contribution in [0, 0.1) is 0 Å². The van der Waals surface area contributed by atoms with Crippen LogP contribution in [0.3, 0.4) is 0 Å². The smallest absolute Gasteiger partial charge is 0.124 e. The lowest BCUT2D eigenvalue weighted by atomic mass is 10.2. The number of ether oxygens (including phenoxy) is 1. The first-order chi connectivity index (χ1) is 7.24. The minimum absolute atomic E-state index is 0.503. The number of hydrogen-bond acceptors (Lipinski definition) is 2. The third-order valence-electron chi connectivity index (χ3n) is 1.92. The zero-order valence-electron chi connectivity index (χ0n) is 8.92. The number of para-hydroxylation sites is 1. The van der Waals surface area contributed by atoms with Gasteiger partial charge in [-0.25, -0.2) is 0 Å². The number of benzene rings is 1. The van der Waals surface area contributed by atoms with Crippen molar-refractivity contribution in [3.8, 4) is 5.75 Å². The van der Waals surface area contributed by atoms with Crippen molar-refractivity contribution in [2.45, 2.75) is 13.5 Å². The Labute approximate surface area is 99.5 Å². The maximum atomic E-state index is 5.61. The van der Waals surface area contributed by atoms with Crippen LogP contribution in [0.15, 0.2) is 35.3 Å². The van der Waals surface area contributed by atoms with E-state index in [-0.39, 0.29) is 0 Å². The Bertz CT molecular complexity index is 325. The predicted molar refractivity (Wildman–Crippen MR) is 67.4 cm³/mol. The van der Waals surface area contributed by atoms with Gasteiger partial charge in [-0.15, -0.1) is 0 Å². The second-order valence-electron chi connectivity index (χ2n) is 3.19. The minimum Gasteiger partial charge on any atom is -0.488 e. The van der Waals surface area contributed by atoms with E-state index in [1.807, 2.05) is 18.2 Å². The molecule has 1 aromatic rings. The third kappa shape index (κ3) is 4.49. The van der Waals surface area contributed by atoms with Crippen LogP contribution in [-0.4, -0.2) is 13.2 Å². The van der Waals surface area contributed by atoms with Crippen molar-refractivity contribution in [1.82, 2.24) is 5.32 Å². The highest BCUT2D eigenvalue weighted by Gasteiger charge is 2.01. The fourth-order valence-electron chi connectivity index (χ4n) is 1.21. The molecule has 3 heteroatoms. The van der Waals surface area contributed by atoms with E-state index in [1.165, 1.54) is 5.56 Å². The van der Waals surface area contributed by atoms with Crippen LogP contribution in [-0.2, 0) is 6.54 Å². The molecule has 1 N–H and O–H groups in total. The van der Waals surface area contributed by atoms with Gasteiger partial charge in [-0.1, -0.05) is 47.6 Å². The van der Waals surface area contributed by atoms with Gasteiger partial charge in [0.25, 0.3) is 0 Å². The van der Waals surface area contributed by atoms with Gasteiger partial charge in [0.1, 0.15) is 12.4 Å². The molecule has 15 heavy (non-hydrogen) atoms. The quantitative estimate of drug-likeness (QED) is 0.857. The van der Waals surface area contributed by atoms with Gasteiger partial charge in [0.15, 0.2) is 0 Å². The molecule has 1 aromatic carbocycles. The van der Waals surface area contributed by atoms with Crippen molar-refractivity contribution in [3.05, 3.63) is 40.9 Å². The Morgan fingerprint density at radius 1 is 1.47 bits per heavy atom. The summed E-state index contributed by atoms with van der Waals surface area (Å²) in [5.74, 6) is 0.916. The van der Waals surface area contributed by atoms with E-state index >= 15 is 0 Å². The van der Waals surface area contributed by atoms with Crippen molar-refractivity contribution in [1.29, 1.82) is 0 Å². The van der Waals surface area contributed by atoms with Gasteiger partial charge in [0.2, 0.25) is 0 Å². The van der Waals surface area contributed by atoms with Gasteiger partial charge in [-0.2, -0.15) is 0 Å². The molecule has 82 valence electrons. The van der Waals surface area contributed by atoms with Crippen LogP contribution in [0.1, 0.15) is 12.5 Å². The standard InChI is InChI=1S/C12H16BrNO/c1-3-14-8-11-6-4-5-7-12(11)15-9-10(2)13/h4-7,14H,2-3,8-9H2,1H3. The van der Waals surface area contributed by atoms with E-state index in [2.05, 4.69) is 40.8 Å². The second kappa shape index (κ2) is 6.64. The van der Waals surface area contributed by atoms with Gasteiger partial charge < -0.3 is 10.1 Å². The van der Waals surface area contributed by atoms with Crippen molar-refractivity contribution in [2.24, 2.45) is 0 Å². The van der Waals surface area contributed by atoms with E-state index in [4.69, 9.17) is 4.74 Å². The minimum atomic E-state index is 0.503. The Balaban J connectivity index is 2.63. The summed E-state index contributed by atoms with van der Waals surface area (Å²) in [6, 6.07) is 8.03. The molecule has 0 bridgehead atoms. The molecule has 0 aliphatic carbocycles. The van der Waals surface area contributed by atoms with Gasteiger partial charge in [0, 0.05) is 16.6 Å². The number of halogens is 1. The molecule has 1 rings (SSSR count). The summed E-state index contributed by atoms with van der Waals surface area (Å²) in [4.78, 5) is 0. The van der Waals surface area contributed by atoms with E-state index in [0.29, 0.717) is 6.61 Å². The van der Waals surface area contributed by atoms with Crippen LogP contribution in [0.5, 0.6) is 5.75 Å². The van der Waals surface area contributed by atoms with E-state index in [0.717, 1.165) is 23.3 Å². The maximum Gasteiger partial charge on any atom is 0.124 e. The van der Waals surface area contributed by atoms with E-state index in [9.17, 15) is 0 Å². The Morgan fingerprint density at radius 2 is 2.20 bits per heavy atom. The Hall–Kier alpha value is -0.800. The number of hydrogen-bond donors (Lipinski definition) is 1. The van der Waals surface area contributed by atoms with Crippen LogP contribution < -0.4 is 10.1 Å². The summed E-state index contributed by atoms with van der Waals surface area (Å²) in [6.07, 6.45) is 0. The molecule has 0 radical (unpaired) electrons. The molecule has 0 aromatic heterocycles. The average Bonchev–Trinajstić information content (AvgIpc) is 2.24. The van der Waals surface area contributed by atoms with Crippen molar-refractivity contribution in [3.63, 3.8) is 0 Å². The monoisotopic (exact) mass is 269 g/mol. The summed E-state index contributed by atoms with van der Waals surface area (Å²) < 4.78 is 6.46. The van der Waals surface area contributed by atoms with Crippen molar-refractivity contribution < 1.29 is 4.74 Å². The molecule has 0 aliphatic heterocycles. The van der Waals surface area contributed by atoms with Crippen LogP contribution in [0.2, 0.25) is 0 Å². The summed E-state index contributed by atoms with van der Waals surface area (Å²) >= 11 is 3.27. The number of rotatable bonds is 6. The van der Waals surface area contributed by atoms with Gasteiger partial charge in [-0.3, -0.25) is 0 Å². The largest absolute Gasteiger partial charge is 0.488 e. The van der Waals surface area contributed by atoms with Crippen LogP contribution in [0.25, 0.3) is 0 Å². The van der Waals surface area contributed by atoms with E-state index in [1.54, 1.807) is 0 Å². The molecular weight excluding hydrogens is 254 g/mol. The maximum absolute atomic E-state index is 5.61. The molecule has 2 nitrogen and oxygen atoms in total. The molecule has 0 saturated carbocycles. The Morgan fingerprint density at radius 3 is 2.87 bits per heavy atom. The highest BCUT2D eigenvalue weighted by Crippen LogP contribution is 2.18. The molecule has 0 atom stereocenters. The highest BCUT2D eigenvalue weighted by molar-refractivity contribution is 9.11. The topological polar surface area (TPSA) is 21.3 Å². The molecule has 0 fully saturated rings. The van der Waals surface area contributed by atoms with Gasteiger partial charge in [0.05, 0.1) is 0 Å². The van der Waals surface area contributed by atoms with Crippen LogP contribution >= 0.6 is 15.9 Å². The zero-order valence-corrected chi connectivity index (χ0v) is 10.5. The second-order valence-corrected chi connectivity index (χ2v) is 4.32. The van der Waals surface area contributed by atoms with Crippen molar-refractivity contribution in [2.75, 3.05) is 13.2 Å². The lowest BCUT2D eigenvalue weighted by Gasteiger charge is -2.10. The van der Waals surface area contributed by atoms with Gasteiger partial charge >= 0.3 is 0 Å². The first-order valence-corrected chi connectivity index (χ1v) is 5.78. The average molecular weight is 270 g/mol. The van der Waals surface area contributed by atoms with Gasteiger partial charge in [-0.05, 0) is 12.6 Å². The summed E-state index contributed by atoms with van der Waals surface area (Å²) in [7, 11) is 0. The molecule has 0 amide bonds. The van der Waals surface area contributed by atoms with Crippen molar-refractivity contribution >= 4 is 15.9 Å².